The van der Waals surface area contributed by atoms with Gasteiger partial charge < -0.3 is 10.2 Å². The standard InChI is InChI=1S/C25H26ClN3O3S/c1-17-5-12-23(18(2)15-17)28-33(31,32)24-16-19(6-11-22(24)26)25(30)27-20-7-9-21(10-8-20)29-13-3-4-14-29/h5-12,15-16,28H,3-4,13-14H2,1-2H3,(H,27,30). The van der Waals surface area contributed by atoms with Crippen LogP contribution in [-0.4, -0.2) is 27.4 Å². The molecule has 1 amide bonds. The molecule has 8 heteroatoms. The maximum Gasteiger partial charge on any atom is 0.263 e. The van der Waals surface area contributed by atoms with Crippen LogP contribution in [0.5, 0.6) is 0 Å². The quantitative estimate of drug-likeness (QED) is 0.477. The molecule has 6 nitrogen and oxygen atoms in total. The number of amides is 1. The lowest BCUT2D eigenvalue weighted by molar-refractivity contribution is 0.102. The van der Waals surface area contributed by atoms with Crippen molar-refractivity contribution >= 4 is 44.6 Å². The van der Waals surface area contributed by atoms with E-state index in [-0.39, 0.29) is 15.5 Å². The third-order valence-electron chi connectivity index (χ3n) is 5.71. The number of hydrogen-bond acceptors (Lipinski definition) is 4. The average molecular weight is 484 g/mol. The predicted octanol–water partition coefficient (Wildman–Crippen LogP) is 5.61. The number of sulfonamides is 1. The first-order valence-electron chi connectivity index (χ1n) is 10.8. The normalized spacial score (nSPS) is 13.7. The van der Waals surface area contributed by atoms with Gasteiger partial charge in [-0.2, -0.15) is 0 Å². The molecule has 0 aromatic heterocycles. The van der Waals surface area contributed by atoms with E-state index in [2.05, 4.69) is 14.9 Å². The summed E-state index contributed by atoms with van der Waals surface area (Å²) in [7, 11) is -3.99. The van der Waals surface area contributed by atoms with Crippen LogP contribution in [0.15, 0.2) is 65.6 Å². The molecule has 1 aliphatic heterocycles. The molecular formula is C25H26ClN3O3S. The first kappa shape index (κ1) is 23.1. The Hall–Kier alpha value is -3.03. The molecule has 0 radical (unpaired) electrons. The summed E-state index contributed by atoms with van der Waals surface area (Å²) < 4.78 is 28.6. The zero-order chi connectivity index (χ0) is 23.6. The van der Waals surface area contributed by atoms with Gasteiger partial charge in [-0.15, -0.1) is 0 Å². The van der Waals surface area contributed by atoms with Crippen molar-refractivity contribution in [1.29, 1.82) is 0 Å². The van der Waals surface area contributed by atoms with Gasteiger partial charge in [0.15, 0.2) is 0 Å². The molecule has 3 aromatic rings. The highest BCUT2D eigenvalue weighted by molar-refractivity contribution is 7.92. The summed E-state index contributed by atoms with van der Waals surface area (Å²) in [6.45, 7) is 5.85. The highest BCUT2D eigenvalue weighted by Gasteiger charge is 2.21. The number of halogens is 1. The second-order valence-corrected chi connectivity index (χ2v) is 10.3. The molecule has 2 N–H and O–H groups in total. The minimum absolute atomic E-state index is 0.0405. The molecule has 0 saturated carbocycles. The van der Waals surface area contributed by atoms with E-state index in [1.165, 1.54) is 31.0 Å². The van der Waals surface area contributed by atoms with Gasteiger partial charge in [0.2, 0.25) is 0 Å². The van der Waals surface area contributed by atoms with Gasteiger partial charge in [-0.25, -0.2) is 8.42 Å². The average Bonchev–Trinajstić information content (AvgIpc) is 3.31. The van der Waals surface area contributed by atoms with E-state index in [4.69, 9.17) is 11.6 Å². The van der Waals surface area contributed by atoms with Gasteiger partial charge in [-0.1, -0.05) is 29.3 Å². The van der Waals surface area contributed by atoms with Crippen LogP contribution in [0.1, 0.15) is 34.3 Å². The van der Waals surface area contributed by atoms with Gasteiger partial charge in [0.25, 0.3) is 15.9 Å². The Kier molecular flexibility index (Phi) is 6.63. The van der Waals surface area contributed by atoms with Gasteiger partial charge >= 0.3 is 0 Å². The van der Waals surface area contributed by atoms with E-state index in [1.54, 1.807) is 6.07 Å². The third-order valence-corrected chi connectivity index (χ3v) is 7.55. The summed E-state index contributed by atoms with van der Waals surface area (Å²) in [6, 6.07) is 17.3. The highest BCUT2D eigenvalue weighted by atomic mass is 35.5. The lowest BCUT2D eigenvalue weighted by Crippen LogP contribution is -2.18. The number of aryl methyl sites for hydroxylation is 2. The molecule has 4 rings (SSSR count). The second kappa shape index (κ2) is 9.45. The molecular weight excluding hydrogens is 458 g/mol. The van der Waals surface area contributed by atoms with Crippen molar-refractivity contribution in [2.24, 2.45) is 0 Å². The van der Waals surface area contributed by atoms with Crippen LogP contribution in [0.2, 0.25) is 5.02 Å². The maximum absolute atomic E-state index is 13.0. The summed E-state index contributed by atoms with van der Waals surface area (Å²) in [5, 5.41) is 2.86. The molecule has 33 heavy (non-hydrogen) atoms. The summed E-state index contributed by atoms with van der Waals surface area (Å²) >= 11 is 6.20. The molecule has 1 aliphatic rings. The topological polar surface area (TPSA) is 78.5 Å². The molecule has 0 spiro atoms. The lowest BCUT2D eigenvalue weighted by Gasteiger charge is -2.18. The van der Waals surface area contributed by atoms with E-state index in [1.807, 2.05) is 50.2 Å². The van der Waals surface area contributed by atoms with E-state index in [0.717, 1.165) is 29.9 Å². The summed E-state index contributed by atoms with van der Waals surface area (Å²) in [5.41, 5.74) is 4.24. The van der Waals surface area contributed by atoms with Crippen molar-refractivity contribution in [2.75, 3.05) is 28.0 Å². The minimum atomic E-state index is -3.99. The second-order valence-electron chi connectivity index (χ2n) is 8.26. The van der Waals surface area contributed by atoms with Crippen molar-refractivity contribution in [3.63, 3.8) is 0 Å². The van der Waals surface area contributed by atoms with Gasteiger partial charge in [0.05, 0.1) is 10.7 Å². The molecule has 1 heterocycles. The maximum atomic E-state index is 13.0. The number of anilines is 3. The van der Waals surface area contributed by atoms with E-state index >= 15 is 0 Å². The molecule has 1 fully saturated rings. The van der Waals surface area contributed by atoms with Gasteiger partial charge in [0.1, 0.15) is 4.90 Å². The Morgan fingerprint density at radius 2 is 1.64 bits per heavy atom. The van der Waals surface area contributed by atoms with Crippen LogP contribution >= 0.6 is 11.6 Å². The SMILES string of the molecule is Cc1ccc(NS(=O)(=O)c2cc(C(=O)Nc3ccc(N4CCCC4)cc3)ccc2Cl)c(C)c1. The molecule has 172 valence electrons. The predicted molar refractivity (Wildman–Crippen MR) is 134 cm³/mol. The number of benzene rings is 3. The van der Waals surface area contributed by atoms with Crippen LogP contribution in [0.4, 0.5) is 17.1 Å². The number of rotatable bonds is 6. The number of carbonyl (C=O) groups is 1. The summed E-state index contributed by atoms with van der Waals surface area (Å²) in [4.78, 5) is 15.0. The fourth-order valence-electron chi connectivity index (χ4n) is 3.91. The molecule has 0 unspecified atom stereocenters. The number of nitrogens with one attached hydrogen (secondary N) is 2. The summed E-state index contributed by atoms with van der Waals surface area (Å²) in [6.07, 6.45) is 2.39. The van der Waals surface area contributed by atoms with E-state index in [0.29, 0.717) is 11.4 Å². The Bertz CT molecular complexity index is 1280. The lowest BCUT2D eigenvalue weighted by atomic mass is 10.1. The van der Waals surface area contributed by atoms with Crippen LogP contribution in [0.3, 0.4) is 0 Å². The first-order valence-corrected chi connectivity index (χ1v) is 12.6. The van der Waals surface area contributed by atoms with Crippen molar-refractivity contribution in [2.45, 2.75) is 31.6 Å². The highest BCUT2D eigenvalue weighted by Crippen LogP contribution is 2.27. The van der Waals surface area contributed by atoms with Gasteiger partial charge in [-0.05, 0) is 80.8 Å². The Labute approximate surface area is 199 Å². The van der Waals surface area contributed by atoms with Crippen LogP contribution in [-0.2, 0) is 10.0 Å². The van der Waals surface area contributed by atoms with Crippen LogP contribution in [0.25, 0.3) is 0 Å². The van der Waals surface area contributed by atoms with Gasteiger partial charge in [0, 0.05) is 30.0 Å². The first-order chi connectivity index (χ1) is 15.7. The monoisotopic (exact) mass is 483 g/mol. The van der Waals surface area contributed by atoms with Crippen molar-refractivity contribution in [3.8, 4) is 0 Å². The number of nitrogens with zero attached hydrogens (tertiary/aromatic N) is 1. The Morgan fingerprint density at radius 1 is 0.939 bits per heavy atom. The Balaban J connectivity index is 1.52. The molecule has 0 aliphatic carbocycles. The zero-order valence-corrected chi connectivity index (χ0v) is 20.1. The van der Waals surface area contributed by atoms with Crippen molar-refractivity contribution in [3.05, 3.63) is 82.4 Å². The zero-order valence-electron chi connectivity index (χ0n) is 18.6. The fraction of sp³-hybridized carbons (Fsp3) is 0.240. The van der Waals surface area contributed by atoms with Gasteiger partial charge in [-0.3, -0.25) is 9.52 Å². The Morgan fingerprint density at radius 3 is 2.30 bits per heavy atom. The number of carbonyl (C=O) groups excluding carboxylic acids is 1. The van der Waals surface area contributed by atoms with Crippen LogP contribution < -0.4 is 14.9 Å². The minimum Gasteiger partial charge on any atom is -0.372 e. The van der Waals surface area contributed by atoms with Crippen LogP contribution in [0, 0.1) is 13.8 Å². The molecule has 1 saturated heterocycles. The van der Waals surface area contributed by atoms with E-state index in [9.17, 15) is 13.2 Å². The fourth-order valence-corrected chi connectivity index (χ4v) is 5.57. The van der Waals surface area contributed by atoms with Crippen molar-refractivity contribution in [1.82, 2.24) is 0 Å². The largest absolute Gasteiger partial charge is 0.372 e. The molecule has 3 aromatic carbocycles. The smallest absolute Gasteiger partial charge is 0.263 e. The molecule has 0 atom stereocenters. The molecule has 0 bridgehead atoms. The third kappa shape index (κ3) is 5.31. The number of hydrogen-bond donors (Lipinski definition) is 2. The summed E-state index contributed by atoms with van der Waals surface area (Å²) in [5.74, 6) is -0.413. The van der Waals surface area contributed by atoms with E-state index < -0.39 is 15.9 Å². The van der Waals surface area contributed by atoms with Crippen molar-refractivity contribution < 1.29 is 13.2 Å².